The lowest BCUT2D eigenvalue weighted by molar-refractivity contribution is 0.0958. The number of nitrogens with two attached hydrogens (primary N) is 1. The summed E-state index contributed by atoms with van der Waals surface area (Å²) in [7, 11) is 0. The molecule has 1 aromatic carbocycles. The number of nitrogen functional groups attached to an aromatic ring is 1. The van der Waals surface area contributed by atoms with E-state index in [9.17, 15) is 4.79 Å². The summed E-state index contributed by atoms with van der Waals surface area (Å²) >= 11 is 6.64. The number of hydrogen-bond donors (Lipinski definition) is 2. The van der Waals surface area contributed by atoms with Gasteiger partial charge < -0.3 is 11.1 Å². The van der Waals surface area contributed by atoms with Crippen molar-refractivity contribution < 1.29 is 4.79 Å². The van der Waals surface area contributed by atoms with E-state index < -0.39 is 0 Å². The van der Waals surface area contributed by atoms with Gasteiger partial charge in [0.05, 0.1) is 5.69 Å². The molecule has 102 valence electrons. The molecule has 1 aromatic heterocycles. The number of rotatable bonds is 5. The zero-order valence-electron chi connectivity index (χ0n) is 10.5. The van der Waals surface area contributed by atoms with Crippen LogP contribution in [0.15, 0.2) is 22.7 Å². The highest BCUT2D eigenvalue weighted by atomic mass is 79.9. The Morgan fingerprint density at radius 3 is 3.05 bits per heavy atom. The van der Waals surface area contributed by atoms with Crippen molar-refractivity contribution in [1.82, 2.24) is 5.32 Å². The van der Waals surface area contributed by atoms with Gasteiger partial charge in [0.2, 0.25) is 0 Å². The largest absolute Gasteiger partial charge is 0.397 e. The maximum Gasteiger partial charge on any atom is 0.263 e. The Balaban J connectivity index is 2.15. The van der Waals surface area contributed by atoms with E-state index in [0.717, 1.165) is 26.7 Å². The van der Waals surface area contributed by atoms with Gasteiger partial charge in [-0.25, -0.2) is 0 Å². The SMILES string of the molecule is CSCCCNC(=O)c1sc2cc(Br)ccc2c1N. The molecule has 3 N–H and O–H groups in total. The minimum Gasteiger partial charge on any atom is -0.397 e. The van der Waals surface area contributed by atoms with Crippen LogP contribution in [0.25, 0.3) is 10.1 Å². The van der Waals surface area contributed by atoms with E-state index >= 15 is 0 Å². The summed E-state index contributed by atoms with van der Waals surface area (Å²) in [6.07, 6.45) is 3.03. The standard InChI is InChI=1S/C13H15BrN2OS2/c1-18-6-2-5-16-13(17)12-11(15)9-4-3-8(14)7-10(9)19-12/h3-4,7H,2,5-6,15H2,1H3,(H,16,17). The minimum atomic E-state index is -0.0732. The van der Waals surface area contributed by atoms with Gasteiger partial charge in [-0.1, -0.05) is 22.0 Å². The fourth-order valence-electron chi connectivity index (χ4n) is 1.76. The number of benzene rings is 1. The van der Waals surface area contributed by atoms with Crippen LogP contribution in [0, 0.1) is 0 Å². The van der Waals surface area contributed by atoms with E-state index in [4.69, 9.17) is 5.73 Å². The summed E-state index contributed by atoms with van der Waals surface area (Å²) in [5, 5.41) is 3.86. The van der Waals surface area contributed by atoms with Gasteiger partial charge in [0, 0.05) is 21.1 Å². The van der Waals surface area contributed by atoms with Crippen molar-refractivity contribution in [3.05, 3.63) is 27.5 Å². The summed E-state index contributed by atoms with van der Waals surface area (Å²) in [5.41, 5.74) is 6.63. The van der Waals surface area contributed by atoms with Crippen molar-refractivity contribution in [1.29, 1.82) is 0 Å². The number of hydrogen-bond acceptors (Lipinski definition) is 4. The number of amides is 1. The van der Waals surface area contributed by atoms with Gasteiger partial charge in [0.15, 0.2) is 0 Å². The smallest absolute Gasteiger partial charge is 0.263 e. The van der Waals surface area contributed by atoms with Crippen LogP contribution in [0.5, 0.6) is 0 Å². The zero-order valence-corrected chi connectivity index (χ0v) is 13.8. The second kappa shape index (κ2) is 6.63. The van der Waals surface area contributed by atoms with Crippen molar-refractivity contribution in [2.75, 3.05) is 24.3 Å². The van der Waals surface area contributed by atoms with Crippen LogP contribution in [-0.4, -0.2) is 24.5 Å². The summed E-state index contributed by atoms with van der Waals surface area (Å²) in [5.74, 6) is 0.978. The Kier molecular flexibility index (Phi) is 5.13. The van der Waals surface area contributed by atoms with E-state index in [1.807, 2.05) is 18.2 Å². The molecule has 3 nitrogen and oxygen atoms in total. The van der Waals surface area contributed by atoms with Gasteiger partial charge in [0.25, 0.3) is 5.91 Å². The van der Waals surface area contributed by atoms with Gasteiger partial charge in [-0.15, -0.1) is 11.3 Å². The molecule has 2 aromatic rings. The van der Waals surface area contributed by atoms with Crippen LogP contribution < -0.4 is 11.1 Å². The molecule has 0 unspecified atom stereocenters. The molecule has 0 atom stereocenters. The van der Waals surface area contributed by atoms with E-state index in [-0.39, 0.29) is 5.91 Å². The van der Waals surface area contributed by atoms with Crippen molar-refractivity contribution in [2.45, 2.75) is 6.42 Å². The molecule has 0 bridgehead atoms. The maximum absolute atomic E-state index is 12.1. The van der Waals surface area contributed by atoms with Crippen LogP contribution in [-0.2, 0) is 0 Å². The normalized spacial score (nSPS) is 10.8. The minimum absolute atomic E-state index is 0.0732. The Labute approximate surface area is 129 Å². The van der Waals surface area contributed by atoms with Crippen LogP contribution in [0.3, 0.4) is 0 Å². The second-order valence-electron chi connectivity index (χ2n) is 4.09. The lowest BCUT2D eigenvalue weighted by atomic mass is 10.2. The molecule has 0 aliphatic carbocycles. The molecule has 0 aliphatic heterocycles. The van der Waals surface area contributed by atoms with Crippen molar-refractivity contribution >= 4 is 60.7 Å². The van der Waals surface area contributed by atoms with E-state index in [1.165, 1.54) is 11.3 Å². The highest BCUT2D eigenvalue weighted by Gasteiger charge is 2.15. The van der Waals surface area contributed by atoms with Crippen molar-refractivity contribution in [2.24, 2.45) is 0 Å². The Morgan fingerprint density at radius 2 is 2.32 bits per heavy atom. The third kappa shape index (κ3) is 3.43. The average Bonchev–Trinajstić information content (AvgIpc) is 2.71. The van der Waals surface area contributed by atoms with Crippen LogP contribution in [0.1, 0.15) is 16.1 Å². The predicted octanol–water partition coefficient (Wildman–Crippen LogP) is 3.73. The van der Waals surface area contributed by atoms with Crippen molar-refractivity contribution in [3.8, 4) is 0 Å². The first-order valence-corrected chi connectivity index (χ1v) is 8.88. The first-order chi connectivity index (χ1) is 9.13. The number of thiophene rings is 1. The molecule has 1 amide bonds. The second-order valence-corrected chi connectivity index (χ2v) is 7.04. The number of carbonyl (C=O) groups excluding carboxylic acids is 1. The molecule has 1 heterocycles. The Hall–Kier alpha value is -0.720. The van der Waals surface area contributed by atoms with Gasteiger partial charge in [0.1, 0.15) is 4.88 Å². The molecular weight excluding hydrogens is 344 g/mol. The molecule has 0 aliphatic rings. The van der Waals surface area contributed by atoms with E-state index in [1.54, 1.807) is 11.8 Å². The molecule has 0 radical (unpaired) electrons. The molecule has 0 spiro atoms. The van der Waals surface area contributed by atoms with Crippen LogP contribution in [0.4, 0.5) is 5.69 Å². The molecular formula is C13H15BrN2OS2. The summed E-state index contributed by atoms with van der Waals surface area (Å²) in [4.78, 5) is 12.7. The predicted molar refractivity (Wildman–Crippen MR) is 89.3 cm³/mol. The number of fused-ring (bicyclic) bond motifs is 1. The number of halogens is 1. The fraction of sp³-hybridized carbons (Fsp3) is 0.308. The lowest BCUT2D eigenvalue weighted by Gasteiger charge is -2.03. The first-order valence-electron chi connectivity index (χ1n) is 5.88. The fourth-order valence-corrected chi connectivity index (χ4v) is 3.78. The maximum atomic E-state index is 12.1. The number of nitrogens with one attached hydrogen (secondary N) is 1. The van der Waals surface area contributed by atoms with E-state index in [0.29, 0.717) is 17.1 Å². The number of carbonyl (C=O) groups is 1. The Morgan fingerprint density at radius 1 is 1.53 bits per heavy atom. The zero-order chi connectivity index (χ0) is 13.8. The number of thioether (sulfide) groups is 1. The molecule has 0 saturated heterocycles. The van der Waals surface area contributed by atoms with Gasteiger partial charge >= 0.3 is 0 Å². The van der Waals surface area contributed by atoms with Crippen LogP contribution >= 0.6 is 39.0 Å². The molecule has 0 saturated carbocycles. The van der Waals surface area contributed by atoms with E-state index in [2.05, 4.69) is 27.5 Å². The number of anilines is 1. The highest BCUT2D eigenvalue weighted by molar-refractivity contribution is 9.10. The topological polar surface area (TPSA) is 55.1 Å². The quantitative estimate of drug-likeness (QED) is 0.800. The summed E-state index contributed by atoms with van der Waals surface area (Å²) in [6.45, 7) is 0.692. The average molecular weight is 359 g/mol. The molecule has 2 rings (SSSR count). The van der Waals surface area contributed by atoms with Gasteiger partial charge in [-0.3, -0.25) is 4.79 Å². The highest BCUT2D eigenvalue weighted by Crippen LogP contribution is 2.35. The summed E-state index contributed by atoms with van der Waals surface area (Å²) in [6, 6.07) is 5.86. The third-order valence-electron chi connectivity index (χ3n) is 2.71. The first kappa shape index (κ1) is 14.7. The monoisotopic (exact) mass is 358 g/mol. The van der Waals surface area contributed by atoms with Crippen LogP contribution in [0.2, 0.25) is 0 Å². The summed E-state index contributed by atoms with van der Waals surface area (Å²) < 4.78 is 2.02. The molecule has 0 fully saturated rings. The lowest BCUT2D eigenvalue weighted by Crippen LogP contribution is -2.24. The van der Waals surface area contributed by atoms with Gasteiger partial charge in [-0.2, -0.15) is 11.8 Å². The van der Waals surface area contributed by atoms with Gasteiger partial charge in [-0.05, 0) is 30.6 Å². The molecule has 6 heteroatoms. The van der Waals surface area contributed by atoms with Crippen molar-refractivity contribution in [3.63, 3.8) is 0 Å². The Bertz CT molecular complexity index is 598. The molecule has 19 heavy (non-hydrogen) atoms. The third-order valence-corrected chi connectivity index (χ3v) is 5.06.